The van der Waals surface area contributed by atoms with Crippen LogP contribution in [-0.2, 0) is 11.3 Å². The van der Waals surface area contributed by atoms with Gasteiger partial charge in [-0.3, -0.25) is 0 Å². The molecule has 20 heavy (non-hydrogen) atoms. The van der Waals surface area contributed by atoms with Crippen LogP contribution in [0.1, 0.15) is 33.3 Å². The van der Waals surface area contributed by atoms with Crippen molar-refractivity contribution in [1.82, 2.24) is 10.6 Å². The molecule has 5 heteroatoms. The molecule has 0 heterocycles. The molecule has 0 spiro atoms. The first-order chi connectivity index (χ1) is 9.26. The van der Waals surface area contributed by atoms with Crippen LogP contribution in [0.15, 0.2) is 24.3 Å². The third-order valence-corrected chi connectivity index (χ3v) is 2.54. The molecule has 1 unspecified atom stereocenters. The zero-order valence-corrected chi connectivity index (χ0v) is 12.6. The number of carbonyl (C=O) groups excluding carboxylic acids is 1. The molecular weight excluding hydrogens is 256 g/mol. The number of nitrogens with one attached hydrogen (secondary N) is 2. The van der Waals surface area contributed by atoms with Crippen LogP contribution in [0.3, 0.4) is 0 Å². The molecule has 0 fully saturated rings. The van der Waals surface area contributed by atoms with E-state index in [1.807, 2.05) is 39.8 Å². The van der Waals surface area contributed by atoms with Gasteiger partial charge < -0.3 is 20.5 Å². The maximum absolute atomic E-state index is 11.5. The Labute approximate surface area is 120 Å². The van der Waals surface area contributed by atoms with E-state index in [0.717, 1.165) is 5.56 Å². The third-order valence-electron chi connectivity index (χ3n) is 2.54. The molecule has 0 saturated carbocycles. The molecule has 112 valence electrons. The van der Waals surface area contributed by atoms with Gasteiger partial charge in [0.15, 0.2) is 0 Å². The Morgan fingerprint density at radius 3 is 2.45 bits per heavy atom. The molecule has 0 aliphatic carbocycles. The van der Waals surface area contributed by atoms with Gasteiger partial charge in [0.05, 0.1) is 0 Å². The summed E-state index contributed by atoms with van der Waals surface area (Å²) >= 11 is 0. The lowest BCUT2D eigenvalue weighted by atomic mass is 10.2. The van der Waals surface area contributed by atoms with E-state index in [0.29, 0.717) is 13.1 Å². The molecule has 5 nitrogen and oxygen atoms in total. The molecule has 1 rings (SSSR count). The number of benzene rings is 1. The minimum atomic E-state index is -0.479. The average Bonchev–Trinajstić information content (AvgIpc) is 2.33. The molecule has 0 radical (unpaired) electrons. The lowest BCUT2D eigenvalue weighted by molar-refractivity contribution is 0.0523. The molecule has 1 atom stereocenters. The first kappa shape index (κ1) is 16.3. The van der Waals surface area contributed by atoms with Crippen molar-refractivity contribution in [3.63, 3.8) is 0 Å². The van der Waals surface area contributed by atoms with Crippen LogP contribution >= 0.6 is 0 Å². The van der Waals surface area contributed by atoms with Crippen molar-refractivity contribution < 1.29 is 14.6 Å². The van der Waals surface area contributed by atoms with Crippen molar-refractivity contribution in [2.45, 2.75) is 45.9 Å². The largest absolute Gasteiger partial charge is 0.508 e. The van der Waals surface area contributed by atoms with Crippen molar-refractivity contribution in [2.75, 3.05) is 6.54 Å². The molecule has 3 N–H and O–H groups in total. The number of amides is 1. The first-order valence-electron chi connectivity index (χ1n) is 6.74. The maximum Gasteiger partial charge on any atom is 0.407 e. The van der Waals surface area contributed by atoms with Crippen LogP contribution in [0.25, 0.3) is 0 Å². The van der Waals surface area contributed by atoms with Crippen LogP contribution in [0.5, 0.6) is 5.75 Å². The Morgan fingerprint density at radius 1 is 1.30 bits per heavy atom. The van der Waals surface area contributed by atoms with E-state index in [1.165, 1.54) is 0 Å². The number of phenols is 1. The molecule has 0 saturated heterocycles. The third kappa shape index (κ3) is 6.99. The van der Waals surface area contributed by atoms with Gasteiger partial charge >= 0.3 is 6.09 Å². The summed E-state index contributed by atoms with van der Waals surface area (Å²) in [5.74, 6) is 0.258. The molecule has 0 aromatic heterocycles. The van der Waals surface area contributed by atoms with Gasteiger partial charge in [-0.1, -0.05) is 12.1 Å². The monoisotopic (exact) mass is 280 g/mol. The van der Waals surface area contributed by atoms with Crippen LogP contribution in [0.4, 0.5) is 4.79 Å². The molecule has 1 aromatic rings. The van der Waals surface area contributed by atoms with E-state index in [1.54, 1.807) is 12.1 Å². The highest BCUT2D eigenvalue weighted by Crippen LogP contribution is 2.09. The van der Waals surface area contributed by atoms with Crippen molar-refractivity contribution in [1.29, 1.82) is 0 Å². The quantitative estimate of drug-likeness (QED) is 0.774. The second-order valence-electron chi connectivity index (χ2n) is 5.83. The zero-order chi connectivity index (χ0) is 15.2. The van der Waals surface area contributed by atoms with Crippen LogP contribution in [-0.4, -0.2) is 29.4 Å². The van der Waals surface area contributed by atoms with Gasteiger partial charge in [-0.25, -0.2) is 4.79 Å². The summed E-state index contributed by atoms with van der Waals surface area (Å²) in [6.07, 6.45) is -0.407. The van der Waals surface area contributed by atoms with E-state index >= 15 is 0 Å². The van der Waals surface area contributed by atoms with E-state index in [4.69, 9.17) is 4.74 Å². The smallest absolute Gasteiger partial charge is 0.407 e. The van der Waals surface area contributed by atoms with Gasteiger partial charge in [-0.2, -0.15) is 0 Å². The Balaban J connectivity index is 2.25. The second-order valence-corrected chi connectivity index (χ2v) is 5.83. The molecule has 1 aromatic carbocycles. The fourth-order valence-electron chi connectivity index (χ4n) is 1.53. The highest BCUT2D eigenvalue weighted by atomic mass is 16.6. The molecule has 0 aliphatic rings. The van der Waals surface area contributed by atoms with Gasteiger partial charge in [0.25, 0.3) is 0 Å². The zero-order valence-electron chi connectivity index (χ0n) is 12.6. The van der Waals surface area contributed by atoms with Crippen molar-refractivity contribution in [2.24, 2.45) is 0 Å². The first-order valence-corrected chi connectivity index (χ1v) is 6.74. The number of phenolic OH excluding ortho intramolecular Hbond substituents is 1. The van der Waals surface area contributed by atoms with Gasteiger partial charge in [0.2, 0.25) is 0 Å². The van der Waals surface area contributed by atoms with Gasteiger partial charge in [-0.15, -0.1) is 0 Å². The Hall–Kier alpha value is -1.75. The molecule has 0 bridgehead atoms. The molecule has 0 aliphatic heterocycles. The number of carbonyl (C=O) groups is 1. The van der Waals surface area contributed by atoms with E-state index in [-0.39, 0.29) is 11.8 Å². The van der Waals surface area contributed by atoms with E-state index in [2.05, 4.69) is 10.6 Å². The lowest BCUT2D eigenvalue weighted by Gasteiger charge is -2.21. The predicted octanol–water partition coefficient (Wildman–Crippen LogP) is 2.40. The fourth-order valence-corrected chi connectivity index (χ4v) is 1.53. The maximum atomic E-state index is 11.5. The standard InChI is InChI=1S/C15H24N2O3/c1-11(9-17-14(19)20-15(2,3)4)16-10-12-5-7-13(18)8-6-12/h5-8,11,16,18H,9-10H2,1-4H3,(H,17,19). The predicted molar refractivity (Wildman–Crippen MR) is 78.6 cm³/mol. The minimum Gasteiger partial charge on any atom is -0.508 e. The summed E-state index contributed by atoms with van der Waals surface area (Å²) in [4.78, 5) is 11.5. The summed E-state index contributed by atoms with van der Waals surface area (Å²) in [6, 6.07) is 7.14. The van der Waals surface area contributed by atoms with E-state index in [9.17, 15) is 9.90 Å². The fraction of sp³-hybridized carbons (Fsp3) is 0.533. The van der Waals surface area contributed by atoms with Crippen molar-refractivity contribution >= 4 is 6.09 Å². The summed E-state index contributed by atoms with van der Waals surface area (Å²) in [5, 5.41) is 15.2. The molecular formula is C15H24N2O3. The minimum absolute atomic E-state index is 0.122. The summed E-state index contributed by atoms with van der Waals surface area (Å²) < 4.78 is 5.16. The SMILES string of the molecule is CC(CNC(=O)OC(C)(C)C)NCc1ccc(O)cc1. The van der Waals surface area contributed by atoms with Crippen LogP contribution < -0.4 is 10.6 Å². The number of alkyl carbamates (subject to hydrolysis) is 1. The second kappa shape index (κ2) is 7.14. The number of aromatic hydroxyl groups is 1. The number of rotatable bonds is 5. The number of hydrogen-bond acceptors (Lipinski definition) is 4. The Kier molecular flexibility index (Phi) is 5.82. The Morgan fingerprint density at radius 2 is 1.90 bits per heavy atom. The lowest BCUT2D eigenvalue weighted by Crippen LogP contribution is -2.40. The topological polar surface area (TPSA) is 70.6 Å². The van der Waals surface area contributed by atoms with Gasteiger partial charge in [0, 0.05) is 19.1 Å². The summed E-state index contributed by atoms with van der Waals surface area (Å²) in [5.41, 5.74) is 0.596. The van der Waals surface area contributed by atoms with Crippen molar-refractivity contribution in [3.05, 3.63) is 29.8 Å². The Bertz CT molecular complexity index is 424. The molecule has 1 amide bonds. The van der Waals surface area contributed by atoms with Crippen LogP contribution in [0, 0.1) is 0 Å². The van der Waals surface area contributed by atoms with Gasteiger partial charge in [-0.05, 0) is 45.4 Å². The van der Waals surface area contributed by atoms with E-state index < -0.39 is 11.7 Å². The highest BCUT2D eigenvalue weighted by molar-refractivity contribution is 5.67. The van der Waals surface area contributed by atoms with Gasteiger partial charge in [0.1, 0.15) is 11.4 Å². The summed E-state index contributed by atoms with van der Waals surface area (Å²) in [7, 11) is 0. The van der Waals surface area contributed by atoms with Crippen molar-refractivity contribution in [3.8, 4) is 5.75 Å². The average molecular weight is 280 g/mol. The highest BCUT2D eigenvalue weighted by Gasteiger charge is 2.16. The number of ether oxygens (including phenoxy) is 1. The van der Waals surface area contributed by atoms with Crippen LogP contribution in [0.2, 0.25) is 0 Å². The summed E-state index contributed by atoms with van der Waals surface area (Å²) in [6.45, 7) is 8.65. The normalized spacial score (nSPS) is 12.8. The number of hydrogen-bond donors (Lipinski definition) is 3.